The van der Waals surface area contributed by atoms with Crippen molar-refractivity contribution < 1.29 is 32.0 Å². The Hall–Kier alpha value is -2.96. The maximum atomic E-state index is 13.3. The van der Waals surface area contributed by atoms with Gasteiger partial charge >= 0.3 is 0 Å². The SMILES string of the molecule is CO[C@@H]1CN(C)C(=O)c2cc(NC(=O)c3ccno3)ccc2OC[C@@H](C)N(S(C)(=O)=O)C[C@@H]1C. The van der Waals surface area contributed by atoms with Crippen molar-refractivity contribution in [2.75, 3.05) is 45.4 Å². The number of nitrogens with zero attached hydrogens (tertiary/aromatic N) is 3. The number of aromatic nitrogens is 1. The van der Waals surface area contributed by atoms with Gasteiger partial charge in [-0.1, -0.05) is 12.1 Å². The van der Waals surface area contributed by atoms with E-state index >= 15 is 0 Å². The summed E-state index contributed by atoms with van der Waals surface area (Å²) >= 11 is 0. The molecule has 0 spiro atoms. The lowest BCUT2D eigenvalue weighted by atomic mass is 10.0. The van der Waals surface area contributed by atoms with Crippen molar-refractivity contribution >= 4 is 27.5 Å². The third-order valence-electron chi connectivity index (χ3n) is 5.73. The monoisotopic (exact) mass is 494 g/mol. The van der Waals surface area contributed by atoms with E-state index in [-0.39, 0.29) is 48.6 Å². The number of methoxy groups -OCH3 is 1. The fourth-order valence-electron chi connectivity index (χ4n) is 3.81. The average Bonchev–Trinajstić information content (AvgIpc) is 3.32. The van der Waals surface area contributed by atoms with Gasteiger partial charge in [0, 0.05) is 39.0 Å². The van der Waals surface area contributed by atoms with Crippen LogP contribution in [0.15, 0.2) is 35.0 Å². The molecule has 3 rings (SSSR count). The maximum absolute atomic E-state index is 13.3. The van der Waals surface area contributed by atoms with Crippen molar-refractivity contribution in [2.45, 2.75) is 26.0 Å². The highest BCUT2D eigenvalue weighted by Gasteiger charge is 2.32. The van der Waals surface area contributed by atoms with Gasteiger partial charge in [0.25, 0.3) is 11.8 Å². The Kier molecular flexibility index (Phi) is 7.95. The first-order chi connectivity index (χ1) is 16.0. The predicted octanol–water partition coefficient (Wildman–Crippen LogP) is 1.69. The van der Waals surface area contributed by atoms with E-state index in [1.807, 2.05) is 6.92 Å². The van der Waals surface area contributed by atoms with Crippen LogP contribution in [0.25, 0.3) is 0 Å². The molecule has 11 nitrogen and oxygen atoms in total. The molecule has 2 amide bonds. The molecule has 1 aliphatic heterocycles. The quantitative estimate of drug-likeness (QED) is 0.679. The van der Waals surface area contributed by atoms with E-state index in [4.69, 9.17) is 14.0 Å². The molecule has 1 aliphatic rings. The molecule has 0 aliphatic carbocycles. The van der Waals surface area contributed by atoms with Crippen LogP contribution in [0.2, 0.25) is 0 Å². The Morgan fingerprint density at radius 1 is 1.24 bits per heavy atom. The third kappa shape index (κ3) is 5.93. The summed E-state index contributed by atoms with van der Waals surface area (Å²) in [6, 6.07) is 5.60. The molecule has 0 radical (unpaired) electrons. The van der Waals surface area contributed by atoms with Crippen molar-refractivity contribution in [3.63, 3.8) is 0 Å². The van der Waals surface area contributed by atoms with Gasteiger partial charge in [0.05, 0.1) is 30.2 Å². The van der Waals surface area contributed by atoms with Crippen LogP contribution >= 0.6 is 0 Å². The van der Waals surface area contributed by atoms with Crippen LogP contribution in [0.5, 0.6) is 5.75 Å². The van der Waals surface area contributed by atoms with Gasteiger partial charge in [0.15, 0.2) is 0 Å². The number of carbonyl (C=O) groups excluding carboxylic acids is 2. The van der Waals surface area contributed by atoms with Crippen LogP contribution < -0.4 is 10.1 Å². The predicted molar refractivity (Wildman–Crippen MR) is 124 cm³/mol. The average molecular weight is 495 g/mol. The molecular formula is C22H30N4O7S. The normalized spacial score (nSPS) is 22.8. The number of anilines is 1. The number of ether oxygens (including phenoxy) is 2. The van der Waals surface area contributed by atoms with Gasteiger partial charge in [-0.2, -0.15) is 4.31 Å². The standard InChI is InChI=1S/C22H30N4O7S/c1-14-11-26(34(5,29)30)15(2)13-32-18-7-6-16(24-21(27)19-8-9-23-33-19)10-17(18)22(28)25(3)12-20(14)31-4/h6-10,14-15,20H,11-13H2,1-5H3,(H,24,27)/t14-,15+,20+/m0/s1. The van der Waals surface area contributed by atoms with E-state index in [0.29, 0.717) is 5.69 Å². The van der Waals surface area contributed by atoms with Crippen LogP contribution in [0, 0.1) is 5.92 Å². The van der Waals surface area contributed by atoms with Gasteiger partial charge in [-0.25, -0.2) is 8.42 Å². The van der Waals surface area contributed by atoms with E-state index in [2.05, 4.69) is 10.5 Å². The Morgan fingerprint density at radius 2 is 1.97 bits per heavy atom. The molecule has 1 aromatic heterocycles. The molecule has 1 aromatic carbocycles. The van der Waals surface area contributed by atoms with Crippen molar-refractivity contribution in [2.24, 2.45) is 5.92 Å². The Labute approximate surface area is 199 Å². The molecule has 186 valence electrons. The fraction of sp³-hybridized carbons (Fsp3) is 0.500. The number of likely N-dealkylation sites (N-methyl/N-ethyl adjacent to an activating group) is 1. The maximum Gasteiger partial charge on any atom is 0.294 e. The molecule has 1 N–H and O–H groups in total. The van der Waals surface area contributed by atoms with E-state index < -0.39 is 28.1 Å². The minimum Gasteiger partial charge on any atom is -0.491 e. The lowest BCUT2D eigenvalue weighted by Gasteiger charge is -2.34. The third-order valence-corrected chi connectivity index (χ3v) is 7.09. The van der Waals surface area contributed by atoms with Crippen LogP contribution in [0.1, 0.15) is 34.8 Å². The second kappa shape index (κ2) is 10.5. The summed E-state index contributed by atoms with van der Waals surface area (Å²) in [5, 5.41) is 6.18. The van der Waals surface area contributed by atoms with Gasteiger partial charge in [-0.15, -0.1) is 0 Å². The van der Waals surface area contributed by atoms with Gasteiger partial charge in [-0.3, -0.25) is 9.59 Å². The minimum absolute atomic E-state index is 0.0269. The number of carbonyl (C=O) groups is 2. The van der Waals surface area contributed by atoms with E-state index in [0.717, 1.165) is 6.26 Å². The number of amides is 2. The smallest absolute Gasteiger partial charge is 0.294 e. The highest BCUT2D eigenvalue weighted by atomic mass is 32.2. The Bertz CT molecular complexity index is 1120. The van der Waals surface area contributed by atoms with Crippen molar-refractivity contribution in [1.29, 1.82) is 0 Å². The fourth-order valence-corrected chi connectivity index (χ4v) is 5.03. The molecule has 2 heterocycles. The molecular weight excluding hydrogens is 464 g/mol. The van der Waals surface area contributed by atoms with Crippen LogP contribution in [0.4, 0.5) is 5.69 Å². The first kappa shape index (κ1) is 25.7. The zero-order valence-corrected chi connectivity index (χ0v) is 20.7. The summed E-state index contributed by atoms with van der Waals surface area (Å²) in [5.41, 5.74) is 0.583. The molecule has 0 fully saturated rings. The van der Waals surface area contributed by atoms with Gasteiger partial charge < -0.3 is 24.2 Å². The molecule has 2 aromatic rings. The van der Waals surface area contributed by atoms with Crippen molar-refractivity contribution in [1.82, 2.24) is 14.4 Å². The summed E-state index contributed by atoms with van der Waals surface area (Å²) in [6.45, 7) is 4.13. The van der Waals surface area contributed by atoms with Crippen molar-refractivity contribution in [3.05, 3.63) is 41.8 Å². The zero-order valence-electron chi connectivity index (χ0n) is 19.8. The zero-order chi connectivity index (χ0) is 25.0. The first-order valence-electron chi connectivity index (χ1n) is 10.7. The lowest BCUT2D eigenvalue weighted by molar-refractivity contribution is 0.0213. The van der Waals surface area contributed by atoms with E-state index in [1.165, 1.54) is 34.6 Å². The van der Waals surface area contributed by atoms with Crippen molar-refractivity contribution in [3.8, 4) is 5.75 Å². The second-order valence-corrected chi connectivity index (χ2v) is 10.4. The van der Waals surface area contributed by atoms with Gasteiger partial charge in [0.2, 0.25) is 15.8 Å². The minimum atomic E-state index is -3.52. The van der Waals surface area contributed by atoms with E-state index in [9.17, 15) is 18.0 Å². The largest absolute Gasteiger partial charge is 0.491 e. The highest BCUT2D eigenvalue weighted by Crippen LogP contribution is 2.27. The second-order valence-electron chi connectivity index (χ2n) is 8.47. The summed E-state index contributed by atoms with van der Waals surface area (Å²) < 4.78 is 42.7. The summed E-state index contributed by atoms with van der Waals surface area (Å²) in [4.78, 5) is 27.2. The molecule has 0 unspecified atom stereocenters. The van der Waals surface area contributed by atoms with E-state index in [1.54, 1.807) is 26.1 Å². The van der Waals surface area contributed by atoms with Gasteiger partial charge in [0.1, 0.15) is 12.4 Å². The summed E-state index contributed by atoms with van der Waals surface area (Å²) in [7, 11) is -0.348. The first-order valence-corrected chi connectivity index (χ1v) is 12.6. The van der Waals surface area contributed by atoms with Crippen LogP contribution in [-0.4, -0.2) is 86.8 Å². The number of rotatable bonds is 4. The number of hydrogen-bond donors (Lipinski definition) is 1. The Morgan fingerprint density at radius 3 is 2.59 bits per heavy atom. The summed E-state index contributed by atoms with van der Waals surface area (Å²) in [6.07, 6.45) is 2.12. The highest BCUT2D eigenvalue weighted by molar-refractivity contribution is 7.88. The topological polar surface area (TPSA) is 131 Å². The Balaban J connectivity index is 1.97. The number of fused-ring (bicyclic) bond motifs is 1. The molecule has 0 saturated carbocycles. The number of nitrogens with one attached hydrogen (secondary N) is 1. The molecule has 0 saturated heterocycles. The molecule has 0 bridgehead atoms. The van der Waals surface area contributed by atoms with Crippen LogP contribution in [0.3, 0.4) is 0 Å². The molecule has 34 heavy (non-hydrogen) atoms. The molecule has 12 heteroatoms. The number of sulfonamides is 1. The molecule has 3 atom stereocenters. The number of benzene rings is 1. The lowest BCUT2D eigenvalue weighted by Crippen LogP contribution is -2.48. The number of hydrogen-bond acceptors (Lipinski definition) is 8. The summed E-state index contributed by atoms with van der Waals surface area (Å²) in [5.74, 6) is -0.730. The van der Waals surface area contributed by atoms with Gasteiger partial charge in [-0.05, 0) is 31.0 Å². The van der Waals surface area contributed by atoms with Crippen LogP contribution in [-0.2, 0) is 14.8 Å².